The number of nitrogens with zero attached hydrogens (tertiary/aromatic N) is 2. The Bertz CT molecular complexity index is 609. The van der Waals surface area contributed by atoms with Crippen LogP contribution in [0.4, 0.5) is 11.4 Å². The topological polar surface area (TPSA) is 45.2 Å². The summed E-state index contributed by atoms with van der Waals surface area (Å²) in [5.74, 6) is 0.431. The number of hydrogen-bond acceptors (Lipinski definition) is 4. The van der Waals surface area contributed by atoms with Crippen LogP contribution in [0.1, 0.15) is 24.3 Å². The molecule has 0 radical (unpaired) electrons. The summed E-state index contributed by atoms with van der Waals surface area (Å²) in [6.07, 6.45) is 0. The molecule has 1 aliphatic heterocycles. The predicted octanol–water partition coefficient (Wildman–Crippen LogP) is 3.24. The molecule has 1 unspecified atom stereocenters. The summed E-state index contributed by atoms with van der Waals surface area (Å²) in [7, 11) is 0. The van der Waals surface area contributed by atoms with Gasteiger partial charge < -0.3 is 10.2 Å². The maximum atomic E-state index is 12.6. The zero-order chi connectivity index (χ0) is 14.1. The number of benzene rings is 1. The number of thiazole rings is 1. The molecule has 4 nitrogen and oxygen atoms in total. The first-order chi connectivity index (χ1) is 9.66. The molecule has 0 aliphatic carbocycles. The molecule has 1 aliphatic rings. The van der Waals surface area contributed by atoms with Gasteiger partial charge in [-0.25, -0.2) is 4.98 Å². The van der Waals surface area contributed by atoms with Gasteiger partial charge in [0, 0.05) is 18.0 Å². The lowest BCUT2D eigenvalue weighted by molar-refractivity contribution is 0.0979. The Labute approximate surface area is 122 Å². The minimum absolute atomic E-state index is 0.0224. The number of nitrogens with one attached hydrogen (secondary N) is 1. The van der Waals surface area contributed by atoms with Crippen molar-refractivity contribution in [3.05, 3.63) is 40.8 Å². The zero-order valence-corrected chi connectivity index (χ0v) is 12.4. The number of fused-ring (bicyclic) bond motifs is 1. The molecule has 1 amide bonds. The second-order valence-electron chi connectivity index (χ2n) is 5.30. The Kier molecular flexibility index (Phi) is 3.44. The molecule has 20 heavy (non-hydrogen) atoms. The highest BCUT2D eigenvalue weighted by Crippen LogP contribution is 2.33. The van der Waals surface area contributed by atoms with Gasteiger partial charge in [-0.15, -0.1) is 11.3 Å². The van der Waals surface area contributed by atoms with Gasteiger partial charge in [-0.2, -0.15) is 0 Å². The van der Waals surface area contributed by atoms with E-state index in [1.165, 1.54) is 11.3 Å². The maximum Gasteiger partial charge on any atom is 0.277 e. The zero-order valence-electron chi connectivity index (χ0n) is 11.5. The molecule has 0 fully saturated rings. The van der Waals surface area contributed by atoms with E-state index in [4.69, 9.17) is 0 Å². The van der Waals surface area contributed by atoms with Crippen LogP contribution in [-0.4, -0.2) is 23.5 Å². The van der Waals surface area contributed by atoms with Gasteiger partial charge in [0.1, 0.15) is 5.69 Å². The van der Waals surface area contributed by atoms with Crippen molar-refractivity contribution >= 4 is 28.6 Å². The van der Waals surface area contributed by atoms with Crippen molar-refractivity contribution in [1.82, 2.24) is 4.98 Å². The number of aromatic nitrogens is 1. The standard InChI is InChI=1S/C15H17N3OS/c1-10(2)12-7-18(15(19)13-8-20-9-16-13)14-6-4-3-5-11(14)17-12/h3-6,8-10,12,17H,7H2,1-2H3. The number of carbonyl (C=O) groups is 1. The fourth-order valence-corrected chi connectivity index (χ4v) is 2.92. The van der Waals surface area contributed by atoms with Crippen LogP contribution < -0.4 is 10.2 Å². The third kappa shape index (κ3) is 2.29. The van der Waals surface area contributed by atoms with Gasteiger partial charge in [0.05, 0.1) is 16.9 Å². The van der Waals surface area contributed by atoms with Crippen LogP contribution in [0.5, 0.6) is 0 Å². The summed E-state index contributed by atoms with van der Waals surface area (Å²) in [6, 6.07) is 8.19. The van der Waals surface area contributed by atoms with Gasteiger partial charge in [-0.05, 0) is 18.1 Å². The summed E-state index contributed by atoms with van der Waals surface area (Å²) in [5, 5.41) is 5.32. The Morgan fingerprint density at radius 1 is 1.45 bits per heavy atom. The van der Waals surface area contributed by atoms with E-state index in [1.54, 1.807) is 10.9 Å². The highest BCUT2D eigenvalue weighted by atomic mass is 32.1. The van der Waals surface area contributed by atoms with Gasteiger partial charge in [0.15, 0.2) is 0 Å². The van der Waals surface area contributed by atoms with Crippen molar-refractivity contribution < 1.29 is 4.79 Å². The van der Waals surface area contributed by atoms with E-state index in [0.717, 1.165) is 11.4 Å². The van der Waals surface area contributed by atoms with Crippen LogP contribution in [0.2, 0.25) is 0 Å². The Hall–Kier alpha value is -1.88. The SMILES string of the molecule is CC(C)C1CN(C(=O)c2cscn2)c2ccccc2N1. The van der Waals surface area contributed by atoms with Gasteiger partial charge in [0.25, 0.3) is 5.91 Å². The van der Waals surface area contributed by atoms with Crippen LogP contribution in [-0.2, 0) is 0 Å². The van der Waals surface area contributed by atoms with Crippen molar-refractivity contribution in [2.24, 2.45) is 5.92 Å². The molecular weight excluding hydrogens is 270 g/mol. The number of para-hydroxylation sites is 2. The van der Waals surface area contributed by atoms with Gasteiger partial charge >= 0.3 is 0 Å². The molecule has 0 saturated heterocycles. The number of anilines is 2. The Morgan fingerprint density at radius 2 is 2.25 bits per heavy atom. The van der Waals surface area contributed by atoms with E-state index in [0.29, 0.717) is 18.2 Å². The molecule has 0 bridgehead atoms. The third-order valence-corrected chi connectivity index (χ3v) is 4.20. The molecule has 2 aromatic rings. The first-order valence-corrected chi connectivity index (χ1v) is 7.66. The quantitative estimate of drug-likeness (QED) is 0.922. The second-order valence-corrected chi connectivity index (χ2v) is 6.02. The molecule has 1 aromatic heterocycles. The minimum atomic E-state index is -0.0224. The molecule has 0 spiro atoms. The summed E-state index contributed by atoms with van der Waals surface area (Å²) in [5.41, 5.74) is 4.17. The van der Waals surface area contributed by atoms with Crippen molar-refractivity contribution in [3.8, 4) is 0 Å². The largest absolute Gasteiger partial charge is 0.379 e. The number of hydrogen-bond donors (Lipinski definition) is 1. The lowest BCUT2D eigenvalue weighted by atomic mass is 9.99. The Balaban J connectivity index is 1.99. The molecule has 3 rings (SSSR count). The lowest BCUT2D eigenvalue weighted by Crippen LogP contribution is -2.47. The van der Waals surface area contributed by atoms with Crippen molar-refractivity contribution in [2.75, 3.05) is 16.8 Å². The summed E-state index contributed by atoms with van der Waals surface area (Å²) in [6.45, 7) is 5.00. The smallest absolute Gasteiger partial charge is 0.277 e. The van der Waals surface area contributed by atoms with Gasteiger partial charge in [-0.1, -0.05) is 26.0 Å². The molecule has 5 heteroatoms. The average molecular weight is 287 g/mol. The van der Waals surface area contributed by atoms with Crippen LogP contribution >= 0.6 is 11.3 Å². The first kappa shape index (κ1) is 13.1. The summed E-state index contributed by atoms with van der Waals surface area (Å²) >= 11 is 1.45. The highest BCUT2D eigenvalue weighted by Gasteiger charge is 2.30. The molecule has 1 aromatic carbocycles. The number of rotatable bonds is 2. The van der Waals surface area contributed by atoms with Crippen LogP contribution in [0, 0.1) is 5.92 Å². The van der Waals surface area contributed by atoms with Gasteiger partial charge in [-0.3, -0.25) is 4.79 Å². The molecular formula is C15H17N3OS. The summed E-state index contributed by atoms with van der Waals surface area (Å²) < 4.78 is 0. The predicted molar refractivity (Wildman–Crippen MR) is 82.5 cm³/mol. The fraction of sp³-hybridized carbons (Fsp3) is 0.333. The maximum absolute atomic E-state index is 12.6. The first-order valence-electron chi connectivity index (χ1n) is 6.72. The molecule has 1 atom stereocenters. The van der Waals surface area contributed by atoms with E-state index in [9.17, 15) is 4.79 Å². The highest BCUT2D eigenvalue weighted by molar-refractivity contribution is 7.07. The number of amides is 1. The summed E-state index contributed by atoms with van der Waals surface area (Å²) in [4.78, 5) is 18.6. The van der Waals surface area contributed by atoms with E-state index < -0.39 is 0 Å². The monoisotopic (exact) mass is 287 g/mol. The Morgan fingerprint density at radius 3 is 2.95 bits per heavy atom. The van der Waals surface area contributed by atoms with Gasteiger partial charge in [0.2, 0.25) is 0 Å². The molecule has 0 saturated carbocycles. The third-order valence-electron chi connectivity index (χ3n) is 3.62. The van der Waals surface area contributed by atoms with Crippen molar-refractivity contribution in [2.45, 2.75) is 19.9 Å². The second kappa shape index (κ2) is 5.25. The molecule has 2 heterocycles. The number of carbonyl (C=O) groups excluding carboxylic acids is 1. The molecule has 104 valence electrons. The van der Waals surface area contributed by atoms with E-state index >= 15 is 0 Å². The van der Waals surface area contributed by atoms with E-state index in [-0.39, 0.29) is 11.9 Å². The lowest BCUT2D eigenvalue weighted by Gasteiger charge is -2.37. The van der Waals surface area contributed by atoms with Crippen LogP contribution in [0.3, 0.4) is 0 Å². The molecule has 1 N–H and O–H groups in total. The fourth-order valence-electron chi connectivity index (χ4n) is 2.40. The van der Waals surface area contributed by atoms with Crippen LogP contribution in [0.25, 0.3) is 0 Å². The van der Waals surface area contributed by atoms with E-state index in [1.807, 2.05) is 29.2 Å². The van der Waals surface area contributed by atoms with E-state index in [2.05, 4.69) is 24.1 Å². The van der Waals surface area contributed by atoms with Crippen molar-refractivity contribution in [3.63, 3.8) is 0 Å². The normalized spacial score (nSPS) is 17.8. The average Bonchev–Trinajstić information content (AvgIpc) is 2.99. The minimum Gasteiger partial charge on any atom is -0.379 e. The van der Waals surface area contributed by atoms with Crippen molar-refractivity contribution in [1.29, 1.82) is 0 Å². The van der Waals surface area contributed by atoms with Crippen LogP contribution in [0.15, 0.2) is 35.2 Å².